The molecule has 0 radical (unpaired) electrons. The molecule has 0 saturated heterocycles. The maximum Gasteiger partial charge on any atom is 0.419 e. The number of hydrogen-bond donors (Lipinski definition) is 9. The van der Waals surface area contributed by atoms with Gasteiger partial charge < -0.3 is 48.3 Å². The lowest BCUT2D eigenvalue weighted by Gasteiger charge is -2.17. The minimum absolute atomic E-state index is 0. The molecule has 6 heterocycles. The first-order valence-electron chi connectivity index (χ1n) is 25.9. The lowest BCUT2D eigenvalue weighted by atomic mass is 10.1. The third kappa shape index (κ3) is 19.5. The van der Waals surface area contributed by atoms with Crippen LogP contribution >= 0.6 is 11.6 Å². The molecule has 6 aromatic heterocycles. The number of halogens is 10. The summed E-state index contributed by atoms with van der Waals surface area (Å²) in [4.78, 5) is 59.2. The number of carbonyl (C=O) groups is 3. The molecule has 9 rings (SSSR count). The van der Waals surface area contributed by atoms with Gasteiger partial charge >= 0.3 is 18.5 Å². The molecule has 466 valence electrons. The fraction of sp³-hybridized carbons (Fsp3) is 0.164. The third-order valence-electron chi connectivity index (χ3n) is 12.2. The smallest absolute Gasteiger partial charge is 0.383 e. The SMILES string of the molecule is C.CNC(=O)c1ccccc1Nc1cc(Cl)ncc1C(F)(F)F.CNC(=O)c1ccccc1Nc1cc(Nc2ncccc2C)ncc1C(F)(F)F.CNC(=O)c1ccccc1Nc1cc(Nc2ncccc2C)ncc1C(F)(F)F.Cc1cccnc1N. The molecular weight excluding hydrogens is 1200 g/mol. The maximum absolute atomic E-state index is 13.5. The Labute approximate surface area is 510 Å². The van der Waals surface area contributed by atoms with Crippen LogP contribution in [0.4, 0.5) is 103 Å². The lowest BCUT2D eigenvalue weighted by molar-refractivity contribution is -0.138. The summed E-state index contributed by atoms with van der Waals surface area (Å²) >= 11 is 5.67. The van der Waals surface area contributed by atoms with Crippen molar-refractivity contribution in [2.75, 3.05) is 53.5 Å². The van der Waals surface area contributed by atoms with Gasteiger partial charge in [0.05, 0.1) is 67.5 Å². The van der Waals surface area contributed by atoms with Gasteiger partial charge in [-0.05, 0) is 98.1 Å². The van der Waals surface area contributed by atoms with Crippen molar-refractivity contribution in [1.82, 2.24) is 45.9 Å². The number of nitrogens with zero attached hydrogens (tertiary/aromatic N) is 6. The molecule has 3 amide bonds. The van der Waals surface area contributed by atoms with Crippen LogP contribution in [-0.4, -0.2) is 68.8 Å². The van der Waals surface area contributed by atoms with Gasteiger partial charge in [0.2, 0.25) is 0 Å². The molecule has 0 spiro atoms. The monoisotopic (exact) mass is 1260 g/mol. The fourth-order valence-corrected chi connectivity index (χ4v) is 7.81. The molecule has 0 fully saturated rings. The van der Waals surface area contributed by atoms with Crippen molar-refractivity contribution >= 4 is 92.5 Å². The Bertz CT molecular complexity index is 3700. The van der Waals surface area contributed by atoms with E-state index in [4.69, 9.17) is 17.3 Å². The number of para-hydroxylation sites is 3. The van der Waals surface area contributed by atoms with E-state index < -0.39 is 52.9 Å². The van der Waals surface area contributed by atoms with E-state index in [9.17, 15) is 53.9 Å². The number of nitrogen functional groups attached to an aromatic ring is 1. The summed E-state index contributed by atoms with van der Waals surface area (Å²) < 4.78 is 120. The van der Waals surface area contributed by atoms with Crippen LogP contribution < -0.4 is 48.3 Å². The number of pyridine rings is 6. The van der Waals surface area contributed by atoms with Crippen LogP contribution in [0.2, 0.25) is 5.15 Å². The van der Waals surface area contributed by atoms with Gasteiger partial charge in [-0.25, -0.2) is 29.9 Å². The Hall–Kier alpha value is -10.6. The molecule has 89 heavy (non-hydrogen) atoms. The second kappa shape index (κ2) is 31.2. The quantitative estimate of drug-likeness (QED) is 0.0385. The van der Waals surface area contributed by atoms with E-state index in [0.29, 0.717) is 23.7 Å². The highest BCUT2D eigenvalue weighted by Crippen LogP contribution is 2.40. The van der Waals surface area contributed by atoms with E-state index in [1.807, 2.05) is 45.0 Å². The predicted molar refractivity (Wildman–Crippen MR) is 327 cm³/mol. The number of nitrogens with two attached hydrogens (primary N) is 1. The van der Waals surface area contributed by atoms with Crippen LogP contribution in [0.1, 0.15) is 71.9 Å². The Balaban J connectivity index is 0.000000229. The number of amides is 3. The van der Waals surface area contributed by atoms with Gasteiger partial charge in [-0.1, -0.05) is 73.6 Å². The topological polar surface area (TPSA) is 251 Å². The average molecular weight is 1260 g/mol. The van der Waals surface area contributed by atoms with E-state index in [-0.39, 0.29) is 75.0 Å². The largest absolute Gasteiger partial charge is 0.419 e. The van der Waals surface area contributed by atoms with E-state index in [0.717, 1.165) is 35.2 Å². The van der Waals surface area contributed by atoms with Gasteiger partial charge in [0.15, 0.2) is 0 Å². The van der Waals surface area contributed by atoms with Gasteiger partial charge in [0.25, 0.3) is 17.7 Å². The Morgan fingerprint density at radius 1 is 0.404 bits per heavy atom. The highest BCUT2D eigenvalue weighted by molar-refractivity contribution is 6.29. The number of anilines is 11. The molecule has 0 bridgehead atoms. The molecule has 0 atom stereocenters. The molecule has 9 aromatic rings. The van der Waals surface area contributed by atoms with Crippen molar-refractivity contribution in [2.24, 2.45) is 0 Å². The van der Waals surface area contributed by atoms with Crippen molar-refractivity contribution in [2.45, 2.75) is 46.7 Å². The van der Waals surface area contributed by atoms with Gasteiger partial charge in [-0.15, -0.1) is 0 Å². The summed E-state index contributed by atoms with van der Waals surface area (Å²) in [6.45, 7) is 5.57. The molecular formula is C61H59ClF9N15O3. The second-order valence-corrected chi connectivity index (χ2v) is 18.7. The number of hydrogen-bond acceptors (Lipinski definition) is 15. The zero-order valence-corrected chi connectivity index (χ0v) is 48.1. The third-order valence-corrected chi connectivity index (χ3v) is 12.4. The van der Waals surface area contributed by atoms with Crippen molar-refractivity contribution in [3.05, 3.63) is 220 Å². The van der Waals surface area contributed by atoms with E-state index in [1.165, 1.54) is 69.7 Å². The summed E-state index contributed by atoms with van der Waals surface area (Å²) in [5.74, 6) is 0.688. The normalized spacial score (nSPS) is 10.8. The molecule has 3 aromatic carbocycles. The number of rotatable bonds is 13. The van der Waals surface area contributed by atoms with Crippen molar-refractivity contribution in [1.29, 1.82) is 0 Å². The summed E-state index contributed by atoms with van der Waals surface area (Å²) in [6.07, 6.45) is -6.90. The van der Waals surface area contributed by atoms with Crippen LogP contribution in [0.25, 0.3) is 0 Å². The van der Waals surface area contributed by atoms with Crippen LogP contribution in [0.5, 0.6) is 0 Å². The van der Waals surface area contributed by atoms with Crippen LogP contribution in [0.3, 0.4) is 0 Å². The molecule has 0 aliphatic carbocycles. The molecule has 0 saturated carbocycles. The Morgan fingerprint density at radius 3 is 1.02 bits per heavy atom. The molecule has 0 unspecified atom stereocenters. The number of nitrogens with one attached hydrogen (secondary N) is 8. The Morgan fingerprint density at radius 2 is 0.719 bits per heavy atom. The summed E-state index contributed by atoms with van der Waals surface area (Å²) in [6, 6.07) is 33.3. The molecule has 10 N–H and O–H groups in total. The number of alkyl halides is 9. The van der Waals surface area contributed by atoms with E-state index >= 15 is 0 Å². The fourth-order valence-electron chi connectivity index (χ4n) is 7.65. The van der Waals surface area contributed by atoms with Crippen molar-refractivity contribution < 1.29 is 53.9 Å². The minimum Gasteiger partial charge on any atom is -0.383 e. The molecule has 0 aliphatic heterocycles. The number of aryl methyl sites for hydroxylation is 3. The molecule has 28 heteroatoms. The number of benzene rings is 3. The highest BCUT2D eigenvalue weighted by atomic mass is 35.5. The number of carbonyl (C=O) groups excluding carboxylic acids is 3. The first-order chi connectivity index (χ1) is 41.7. The zero-order chi connectivity index (χ0) is 64.3. The number of aromatic nitrogens is 6. The summed E-state index contributed by atoms with van der Waals surface area (Å²) in [5, 5.41) is 21.1. The van der Waals surface area contributed by atoms with Crippen LogP contribution in [-0.2, 0) is 18.5 Å². The van der Waals surface area contributed by atoms with Gasteiger partial charge in [-0.3, -0.25) is 14.4 Å². The van der Waals surface area contributed by atoms with Crippen LogP contribution in [0.15, 0.2) is 165 Å². The van der Waals surface area contributed by atoms with E-state index in [2.05, 4.69) is 72.4 Å². The first-order valence-corrected chi connectivity index (χ1v) is 26.3. The van der Waals surface area contributed by atoms with Gasteiger partial charge in [0, 0.05) is 70.5 Å². The van der Waals surface area contributed by atoms with Crippen molar-refractivity contribution in [3.63, 3.8) is 0 Å². The molecule has 18 nitrogen and oxygen atoms in total. The lowest BCUT2D eigenvalue weighted by Crippen LogP contribution is -2.19. The average Bonchev–Trinajstić information content (AvgIpc) is 1.51. The standard InChI is InChI=1S/2C20H18F3N5O.C14H11ClF3N3O.C6H8N2.CH4/c2*1-12-6-5-9-25-18(12)28-17-10-16(14(11-26-17)20(21,22)23)27-15-8-4-3-7-13(15)19(29)24-2;1-19-13(22)8-4-2-3-5-10(8)21-11-6-12(15)20-7-9(11)14(16,17)18;1-5-3-2-4-8-6(5)7;/h2*3-11H,1-2H3,(H,24,29)(H2,25,26,27,28);2-7H,1H3,(H,19,22)(H,20,21);2-4H,1H3,(H2,7,8);1H4. The van der Waals surface area contributed by atoms with Crippen LogP contribution in [0, 0.1) is 20.8 Å². The second-order valence-electron chi connectivity index (χ2n) is 18.3. The molecule has 0 aliphatic rings. The highest BCUT2D eigenvalue weighted by Gasteiger charge is 2.37. The predicted octanol–water partition coefficient (Wildman–Crippen LogP) is 14.8. The summed E-state index contributed by atoms with van der Waals surface area (Å²) in [5.41, 5.74) is 5.81. The van der Waals surface area contributed by atoms with Gasteiger partial charge in [0.1, 0.15) is 34.2 Å². The minimum atomic E-state index is -4.63. The first kappa shape index (κ1) is 69.2. The summed E-state index contributed by atoms with van der Waals surface area (Å²) in [7, 11) is 4.33. The maximum atomic E-state index is 13.5. The van der Waals surface area contributed by atoms with Gasteiger partial charge in [-0.2, -0.15) is 39.5 Å². The Kier molecular flexibility index (Phi) is 24.2. The zero-order valence-electron chi connectivity index (χ0n) is 47.4. The van der Waals surface area contributed by atoms with Crippen molar-refractivity contribution in [3.8, 4) is 0 Å². The van der Waals surface area contributed by atoms with E-state index in [1.54, 1.807) is 67.1 Å².